The molecule has 0 amide bonds. The van der Waals surface area contributed by atoms with Gasteiger partial charge in [0.05, 0.1) is 15.5 Å². The highest BCUT2D eigenvalue weighted by molar-refractivity contribution is 8.02. The van der Waals surface area contributed by atoms with Crippen LogP contribution in [0.15, 0.2) is 46.8 Å². The molecule has 1 aliphatic rings. The van der Waals surface area contributed by atoms with Crippen molar-refractivity contribution < 1.29 is 4.79 Å². The SMILES string of the molecule is O=C1c2cccc(Cl)c2CC1Sc1nc2ccccc2s1. The predicted octanol–water partition coefficient (Wildman–Crippen LogP) is 4.85. The van der Waals surface area contributed by atoms with Crippen LogP contribution in [0.3, 0.4) is 0 Å². The van der Waals surface area contributed by atoms with Gasteiger partial charge in [0, 0.05) is 10.6 Å². The van der Waals surface area contributed by atoms with Crippen LogP contribution in [0, 0.1) is 0 Å². The average Bonchev–Trinajstić information content (AvgIpc) is 3.03. The van der Waals surface area contributed by atoms with Gasteiger partial charge in [-0.2, -0.15) is 0 Å². The Labute approximate surface area is 135 Å². The molecule has 1 heterocycles. The van der Waals surface area contributed by atoms with E-state index < -0.39 is 0 Å². The van der Waals surface area contributed by atoms with E-state index in [2.05, 4.69) is 11.1 Å². The number of hydrogen-bond donors (Lipinski definition) is 0. The molecule has 104 valence electrons. The topological polar surface area (TPSA) is 30.0 Å². The van der Waals surface area contributed by atoms with Crippen molar-refractivity contribution in [1.29, 1.82) is 0 Å². The van der Waals surface area contributed by atoms with E-state index in [4.69, 9.17) is 11.6 Å². The molecule has 21 heavy (non-hydrogen) atoms. The number of thiazole rings is 1. The Morgan fingerprint density at radius 3 is 2.86 bits per heavy atom. The molecular formula is C16H10ClNOS2. The van der Waals surface area contributed by atoms with Crippen molar-refractivity contribution in [2.45, 2.75) is 16.0 Å². The summed E-state index contributed by atoms with van der Waals surface area (Å²) in [5.41, 5.74) is 2.73. The van der Waals surface area contributed by atoms with Crippen molar-refractivity contribution in [3.63, 3.8) is 0 Å². The van der Waals surface area contributed by atoms with Gasteiger partial charge in [-0.3, -0.25) is 4.79 Å². The van der Waals surface area contributed by atoms with Gasteiger partial charge in [-0.15, -0.1) is 11.3 Å². The van der Waals surface area contributed by atoms with Gasteiger partial charge in [-0.25, -0.2) is 4.98 Å². The normalized spacial score (nSPS) is 17.4. The Bertz CT molecular complexity index is 825. The molecule has 1 aliphatic carbocycles. The third kappa shape index (κ3) is 2.27. The van der Waals surface area contributed by atoms with E-state index in [-0.39, 0.29) is 11.0 Å². The Kier molecular flexibility index (Phi) is 3.25. The number of carbonyl (C=O) groups is 1. The molecular weight excluding hydrogens is 322 g/mol. The predicted molar refractivity (Wildman–Crippen MR) is 88.8 cm³/mol. The highest BCUT2D eigenvalue weighted by Crippen LogP contribution is 2.39. The number of fused-ring (bicyclic) bond motifs is 2. The number of hydrogen-bond acceptors (Lipinski definition) is 4. The van der Waals surface area contributed by atoms with E-state index in [9.17, 15) is 4.79 Å². The molecule has 0 spiro atoms. The average molecular weight is 332 g/mol. The summed E-state index contributed by atoms with van der Waals surface area (Å²) < 4.78 is 2.10. The number of para-hydroxylation sites is 1. The smallest absolute Gasteiger partial charge is 0.176 e. The first-order chi connectivity index (χ1) is 10.2. The van der Waals surface area contributed by atoms with Crippen molar-refractivity contribution >= 4 is 50.7 Å². The lowest BCUT2D eigenvalue weighted by molar-refractivity contribution is 0.100. The number of carbonyl (C=O) groups excluding carboxylic acids is 1. The van der Waals surface area contributed by atoms with E-state index in [1.54, 1.807) is 23.1 Å². The number of rotatable bonds is 2. The zero-order chi connectivity index (χ0) is 14.4. The molecule has 1 unspecified atom stereocenters. The van der Waals surface area contributed by atoms with Crippen LogP contribution in [0.4, 0.5) is 0 Å². The first kappa shape index (κ1) is 13.3. The van der Waals surface area contributed by atoms with E-state index >= 15 is 0 Å². The van der Waals surface area contributed by atoms with Crippen molar-refractivity contribution in [2.75, 3.05) is 0 Å². The third-order valence-electron chi connectivity index (χ3n) is 3.58. The van der Waals surface area contributed by atoms with Crippen LogP contribution in [0.5, 0.6) is 0 Å². The first-order valence-electron chi connectivity index (χ1n) is 6.56. The van der Waals surface area contributed by atoms with Gasteiger partial charge in [-0.1, -0.05) is 47.6 Å². The summed E-state index contributed by atoms with van der Waals surface area (Å²) in [5, 5.41) is 0.578. The minimum absolute atomic E-state index is 0.111. The first-order valence-corrected chi connectivity index (χ1v) is 8.63. The fourth-order valence-corrected chi connectivity index (χ4v) is 5.20. The third-order valence-corrected chi connectivity index (χ3v) is 6.27. The number of nitrogens with zero attached hydrogens (tertiary/aromatic N) is 1. The van der Waals surface area contributed by atoms with Gasteiger partial charge in [0.2, 0.25) is 0 Å². The molecule has 2 nitrogen and oxygen atoms in total. The summed E-state index contributed by atoms with van der Waals surface area (Å²) in [4.78, 5) is 17.1. The lowest BCUT2D eigenvalue weighted by Crippen LogP contribution is -2.10. The monoisotopic (exact) mass is 331 g/mol. The summed E-state index contributed by atoms with van der Waals surface area (Å²) in [6, 6.07) is 13.6. The standard InChI is InChI=1S/C16H10ClNOS2/c17-11-5-3-4-9-10(11)8-14(15(9)19)21-16-18-12-6-1-2-7-13(12)20-16/h1-7,14H,8H2. The van der Waals surface area contributed by atoms with Crippen LogP contribution < -0.4 is 0 Å². The lowest BCUT2D eigenvalue weighted by atomic mass is 10.1. The molecule has 1 aromatic heterocycles. The second-order valence-electron chi connectivity index (χ2n) is 4.89. The molecule has 2 aromatic carbocycles. The maximum atomic E-state index is 12.5. The Balaban J connectivity index is 1.64. The van der Waals surface area contributed by atoms with Crippen molar-refractivity contribution in [2.24, 2.45) is 0 Å². The van der Waals surface area contributed by atoms with E-state index in [1.165, 1.54) is 0 Å². The maximum Gasteiger partial charge on any atom is 0.176 e. The summed E-state index contributed by atoms with van der Waals surface area (Å²) in [7, 11) is 0. The number of halogens is 1. The van der Waals surface area contributed by atoms with Crippen molar-refractivity contribution in [3.8, 4) is 0 Å². The van der Waals surface area contributed by atoms with Gasteiger partial charge in [0.25, 0.3) is 0 Å². The molecule has 5 heteroatoms. The van der Waals surface area contributed by atoms with Crippen LogP contribution >= 0.6 is 34.7 Å². The van der Waals surface area contributed by atoms with Crippen molar-refractivity contribution in [1.82, 2.24) is 4.98 Å². The second kappa shape index (κ2) is 5.13. The van der Waals surface area contributed by atoms with Gasteiger partial charge in [0.15, 0.2) is 10.1 Å². The van der Waals surface area contributed by atoms with E-state index in [0.29, 0.717) is 11.4 Å². The van der Waals surface area contributed by atoms with Gasteiger partial charge in [-0.05, 0) is 30.2 Å². The van der Waals surface area contributed by atoms with Crippen LogP contribution in [0.2, 0.25) is 5.02 Å². The highest BCUT2D eigenvalue weighted by atomic mass is 35.5. The largest absolute Gasteiger partial charge is 0.293 e. The lowest BCUT2D eigenvalue weighted by Gasteiger charge is -2.03. The molecule has 3 aromatic rings. The number of thioether (sulfide) groups is 1. The van der Waals surface area contributed by atoms with Crippen molar-refractivity contribution in [3.05, 3.63) is 58.6 Å². The molecule has 0 N–H and O–H groups in total. The molecule has 0 bridgehead atoms. The Hall–Kier alpha value is -1.36. The van der Waals surface area contributed by atoms with Gasteiger partial charge >= 0.3 is 0 Å². The Morgan fingerprint density at radius 1 is 1.19 bits per heavy atom. The fourth-order valence-electron chi connectivity index (χ4n) is 2.57. The molecule has 4 rings (SSSR count). The van der Waals surface area contributed by atoms with E-state index in [0.717, 1.165) is 25.7 Å². The quantitative estimate of drug-likeness (QED) is 0.672. The molecule has 0 saturated carbocycles. The van der Waals surface area contributed by atoms with Crippen LogP contribution in [-0.2, 0) is 6.42 Å². The summed E-state index contributed by atoms with van der Waals surface area (Å²) in [6.45, 7) is 0. The zero-order valence-corrected chi connectivity index (χ0v) is 13.3. The summed E-state index contributed by atoms with van der Waals surface area (Å²) >= 11 is 9.38. The molecule has 0 radical (unpaired) electrons. The van der Waals surface area contributed by atoms with Crippen LogP contribution in [-0.4, -0.2) is 16.0 Å². The van der Waals surface area contributed by atoms with Gasteiger partial charge < -0.3 is 0 Å². The fraction of sp³-hybridized carbons (Fsp3) is 0.125. The number of aromatic nitrogens is 1. The number of benzene rings is 2. The molecule has 0 aliphatic heterocycles. The molecule has 0 saturated heterocycles. The minimum atomic E-state index is -0.111. The zero-order valence-electron chi connectivity index (χ0n) is 10.9. The van der Waals surface area contributed by atoms with Crippen LogP contribution in [0.1, 0.15) is 15.9 Å². The number of Topliss-reactive ketones (excluding diaryl/α,β-unsaturated/α-hetero) is 1. The van der Waals surface area contributed by atoms with Gasteiger partial charge in [0.1, 0.15) is 0 Å². The Morgan fingerprint density at radius 2 is 2.05 bits per heavy atom. The highest BCUT2D eigenvalue weighted by Gasteiger charge is 2.33. The van der Waals surface area contributed by atoms with Crippen LogP contribution in [0.25, 0.3) is 10.2 Å². The second-order valence-corrected chi connectivity index (χ2v) is 7.78. The molecule has 0 fully saturated rings. The minimum Gasteiger partial charge on any atom is -0.293 e. The summed E-state index contributed by atoms with van der Waals surface area (Å²) in [6.07, 6.45) is 0.689. The maximum absolute atomic E-state index is 12.5. The summed E-state index contributed by atoms with van der Waals surface area (Å²) in [5.74, 6) is 0.164. The number of ketones is 1. The van der Waals surface area contributed by atoms with E-state index in [1.807, 2.05) is 36.4 Å². The molecule has 1 atom stereocenters.